The second-order valence-electron chi connectivity index (χ2n) is 9.74. The zero-order valence-corrected chi connectivity index (χ0v) is 20.0. The van der Waals surface area contributed by atoms with Gasteiger partial charge in [-0.15, -0.1) is 0 Å². The first-order valence-corrected chi connectivity index (χ1v) is 11.6. The molecule has 2 N–H and O–H groups in total. The lowest BCUT2D eigenvalue weighted by Gasteiger charge is -2.25. The van der Waals surface area contributed by atoms with E-state index < -0.39 is 36.8 Å². The van der Waals surface area contributed by atoms with Gasteiger partial charge in [-0.2, -0.15) is 9.61 Å². The van der Waals surface area contributed by atoms with Crippen molar-refractivity contribution in [1.29, 1.82) is 0 Å². The maximum absolute atomic E-state index is 13.5. The molecular weight excluding hydrogens is 469 g/mol. The van der Waals surface area contributed by atoms with Crippen LogP contribution in [0.2, 0.25) is 0 Å². The van der Waals surface area contributed by atoms with Crippen molar-refractivity contribution in [2.45, 2.75) is 64.0 Å². The Bertz CT molecular complexity index is 1420. The van der Waals surface area contributed by atoms with Gasteiger partial charge in [-0.3, -0.25) is 9.69 Å². The molecule has 2 saturated carbocycles. The monoisotopic (exact) mass is 500 g/mol. The van der Waals surface area contributed by atoms with Gasteiger partial charge in [0.1, 0.15) is 40.8 Å². The molecule has 3 aromatic rings. The minimum atomic E-state index is -2.99. The first-order chi connectivity index (χ1) is 18.3. The lowest BCUT2D eigenvalue weighted by Crippen LogP contribution is -2.35. The van der Waals surface area contributed by atoms with Gasteiger partial charge >= 0.3 is 6.09 Å². The van der Waals surface area contributed by atoms with Gasteiger partial charge in [0.15, 0.2) is 5.65 Å². The number of alkyl halides is 1. The van der Waals surface area contributed by atoms with E-state index in [-0.39, 0.29) is 35.4 Å². The molecule has 190 valence electrons. The highest BCUT2D eigenvalue weighted by atomic mass is 19.1. The van der Waals surface area contributed by atoms with Crippen LogP contribution in [0.5, 0.6) is 5.88 Å². The van der Waals surface area contributed by atoms with Gasteiger partial charge in [-0.1, -0.05) is 0 Å². The highest BCUT2D eigenvalue weighted by Crippen LogP contribution is 2.33. The minimum absolute atomic E-state index is 0.0330. The smallest absolute Gasteiger partial charge is 0.415 e. The number of nitrogens with one attached hydrogen (secondary N) is 2. The average molecular weight is 501 g/mol. The third-order valence-electron chi connectivity index (χ3n) is 5.37. The van der Waals surface area contributed by atoms with Gasteiger partial charge < -0.3 is 20.1 Å². The fraction of sp³-hybridized carbons (Fsp3) is 0.458. The number of anilines is 3. The van der Waals surface area contributed by atoms with Crippen LogP contribution < -0.4 is 20.3 Å². The van der Waals surface area contributed by atoms with E-state index in [1.165, 1.54) is 12.3 Å². The van der Waals surface area contributed by atoms with Gasteiger partial charge in [0.2, 0.25) is 5.88 Å². The van der Waals surface area contributed by atoms with Crippen LogP contribution in [0.25, 0.3) is 5.65 Å². The normalized spacial score (nSPS) is 20.6. The Balaban J connectivity index is 1.61. The van der Waals surface area contributed by atoms with Crippen molar-refractivity contribution >= 4 is 35.0 Å². The van der Waals surface area contributed by atoms with E-state index in [1.807, 2.05) is 0 Å². The minimum Gasteiger partial charge on any atom is -0.473 e. The number of halogens is 1. The molecule has 0 aromatic carbocycles. The fourth-order valence-corrected chi connectivity index (χ4v) is 3.35. The quantitative estimate of drug-likeness (QED) is 0.504. The van der Waals surface area contributed by atoms with Crippen molar-refractivity contribution < 1.29 is 27.6 Å². The summed E-state index contributed by atoms with van der Waals surface area (Å²) in [5.41, 5.74) is -0.654. The van der Waals surface area contributed by atoms with E-state index in [4.69, 9.17) is 13.6 Å². The van der Waals surface area contributed by atoms with Crippen molar-refractivity contribution in [3.63, 3.8) is 0 Å². The summed E-state index contributed by atoms with van der Waals surface area (Å²) in [6, 6.07) is 4.05. The summed E-state index contributed by atoms with van der Waals surface area (Å²) >= 11 is 0. The van der Waals surface area contributed by atoms with Crippen molar-refractivity contribution in [2.75, 3.05) is 17.2 Å². The molecule has 0 spiro atoms. The molecule has 0 aliphatic heterocycles. The van der Waals surface area contributed by atoms with Crippen molar-refractivity contribution in [2.24, 2.45) is 0 Å². The first-order valence-electron chi connectivity index (χ1n) is 13.1. The lowest BCUT2D eigenvalue weighted by molar-refractivity contribution is 0.0587. The van der Waals surface area contributed by atoms with Crippen LogP contribution >= 0.6 is 0 Å². The lowest BCUT2D eigenvalue weighted by atomic mass is 10.2. The Morgan fingerprint density at radius 2 is 2.11 bits per heavy atom. The third kappa shape index (κ3) is 5.16. The van der Waals surface area contributed by atoms with Crippen molar-refractivity contribution in [3.05, 3.63) is 36.2 Å². The van der Waals surface area contributed by atoms with E-state index in [0.29, 0.717) is 16.5 Å². The van der Waals surface area contributed by atoms with E-state index in [2.05, 4.69) is 25.7 Å². The van der Waals surface area contributed by atoms with Crippen LogP contribution in [-0.4, -0.2) is 62.5 Å². The topological polar surface area (TPSA) is 123 Å². The number of nitrogens with zero attached hydrogens (tertiary/aromatic N) is 5. The number of hydrogen-bond acceptors (Lipinski definition) is 8. The van der Waals surface area contributed by atoms with E-state index in [0.717, 1.165) is 17.4 Å². The molecule has 0 bridgehead atoms. The Morgan fingerprint density at radius 1 is 1.33 bits per heavy atom. The van der Waals surface area contributed by atoms with Crippen molar-refractivity contribution in [3.8, 4) is 5.88 Å². The largest absolute Gasteiger partial charge is 0.473 e. The number of ether oxygens (including phenoxy) is 2. The average Bonchev–Trinajstić information content (AvgIpc) is 3.71. The van der Waals surface area contributed by atoms with Gasteiger partial charge in [-0.05, 0) is 45.7 Å². The van der Waals surface area contributed by atoms with Gasteiger partial charge in [0.05, 0.1) is 12.2 Å². The predicted molar refractivity (Wildman–Crippen MR) is 130 cm³/mol. The second-order valence-corrected chi connectivity index (χ2v) is 9.74. The molecule has 12 heteroatoms. The van der Waals surface area contributed by atoms with E-state index in [1.54, 1.807) is 39.1 Å². The number of rotatable bonds is 7. The molecular formula is C24H28FN7O4. The van der Waals surface area contributed by atoms with E-state index >= 15 is 0 Å². The van der Waals surface area contributed by atoms with Gasteiger partial charge in [0.25, 0.3) is 5.91 Å². The molecule has 3 heterocycles. The molecule has 0 radical (unpaired) electrons. The summed E-state index contributed by atoms with van der Waals surface area (Å²) in [7, 11) is 0. The van der Waals surface area contributed by atoms with Crippen LogP contribution in [0.15, 0.2) is 30.6 Å². The maximum atomic E-state index is 13.5. The van der Waals surface area contributed by atoms with Crippen LogP contribution in [0.3, 0.4) is 0 Å². The van der Waals surface area contributed by atoms with Crippen LogP contribution in [0.4, 0.5) is 26.5 Å². The molecule has 3 aromatic heterocycles. The first kappa shape index (κ1) is 20.3. The van der Waals surface area contributed by atoms with Gasteiger partial charge in [0, 0.05) is 29.8 Å². The molecule has 2 fully saturated rings. The fourth-order valence-electron chi connectivity index (χ4n) is 3.35. The number of hydrogen-bond donors (Lipinski definition) is 2. The Hall–Kier alpha value is -3.96. The summed E-state index contributed by atoms with van der Waals surface area (Å²) in [5.74, 6) is -0.479. The summed E-state index contributed by atoms with van der Waals surface area (Å²) in [5, 5.41) is 9.77. The van der Waals surface area contributed by atoms with Crippen molar-refractivity contribution in [1.82, 2.24) is 24.9 Å². The summed E-state index contributed by atoms with van der Waals surface area (Å²) in [6.45, 7) is 1.82. The Morgan fingerprint density at radius 3 is 2.78 bits per heavy atom. The van der Waals surface area contributed by atoms with Crippen LogP contribution in [-0.2, 0) is 4.74 Å². The molecule has 5 rings (SSSR count). The number of carbonyl (C=O) groups excluding carboxylic acids is 2. The number of aromatic nitrogens is 4. The molecule has 0 saturated heterocycles. The number of carbonyl (C=O) groups is 2. The zero-order valence-electron chi connectivity index (χ0n) is 23.0. The van der Waals surface area contributed by atoms with E-state index in [9.17, 15) is 14.0 Å². The zero-order chi connectivity index (χ0) is 28.1. The summed E-state index contributed by atoms with van der Waals surface area (Å²) in [6.07, 6.45) is 2.53. The number of pyridine rings is 1. The molecule has 2 amide bonds. The molecule has 2 aliphatic rings. The number of amides is 2. The highest BCUT2D eigenvalue weighted by Gasteiger charge is 2.39. The third-order valence-corrected chi connectivity index (χ3v) is 5.37. The summed E-state index contributed by atoms with van der Waals surface area (Å²) < 4.78 is 50.0. The molecule has 36 heavy (non-hydrogen) atoms. The predicted octanol–water partition coefficient (Wildman–Crippen LogP) is 3.62. The van der Waals surface area contributed by atoms with Gasteiger partial charge in [-0.25, -0.2) is 19.2 Å². The number of fused-ring (bicyclic) bond motifs is 1. The highest BCUT2D eigenvalue weighted by molar-refractivity contribution is 6.01. The SMILES string of the molecule is [2H]C([2H])([2H])N(C(=O)OC(C)(C)C)c1cc(Nc2cccnc2OC2CC2)nc2c(C(=O)NC3C[C@@H]3F)cnn12. The molecule has 2 atom stereocenters. The molecule has 2 aliphatic carbocycles. The van der Waals surface area contributed by atoms with Crippen LogP contribution in [0, 0.1) is 0 Å². The summed E-state index contributed by atoms with van der Waals surface area (Å²) in [4.78, 5) is 35.3. The molecule has 11 nitrogen and oxygen atoms in total. The second kappa shape index (κ2) is 8.92. The standard InChI is InChI=1S/C24H28FN7O4/c1-24(2,3)36-23(34)31(4)19-11-18(28-16-6-5-9-26-22(16)35-13-7-8-13)30-20-14(12-27-32(19)20)21(33)29-17-10-15(17)25/h5-6,9,11-13,15,17H,7-8,10H2,1-4H3,(H,28,30)(H,29,33)/t15-,17?/m0/s1/i4D3. The van der Waals surface area contributed by atoms with Crippen LogP contribution in [0.1, 0.15) is 54.5 Å². The Kier molecular flexibility index (Phi) is 5.02. The Labute approximate surface area is 211 Å². The maximum Gasteiger partial charge on any atom is 0.415 e. The molecule has 1 unspecified atom stereocenters.